The van der Waals surface area contributed by atoms with E-state index in [1.807, 2.05) is 0 Å². The molecular weight excluding hydrogens is 269 g/mol. The monoisotopic (exact) mass is 277 g/mol. The molecule has 0 aliphatic carbocycles. The summed E-state index contributed by atoms with van der Waals surface area (Å²) in [5.41, 5.74) is 0. The number of hydrogen-bond acceptors (Lipinski definition) is 2. The number of rotatable bonds is 4. The van der Waals surface area contributed by atoms with E-state index in [0.717, 1.165) is 0 Å². The molecule has 0 aliphatic heterocycles. The van der Waals surface area contributed by atoms with Crippen molar-refractivity contribution < 1.29 is 8.42 Å². The Morgan fingerprint density at radius 2 is 2.06 bits per heavy atom. The summed E-state index contributed by atoms with van der Waals surface area (Å²) in [7, 11) is -3.65. The topological polar surface area (TPSA) is 46.2 Å². The molecule has 0 saturated carbocycles. The van der Waals surface area contributed by atoms with Crippen LogP contribution in [-0.4, -0.2) is 15.0 Å². The van der Waals surface area contributed by atoms with Crippen molar-refractivity contribution in [2.24, 2.45) is 0 Å². The normalized spacial score (nSPS) is 11.1. The summed E-state index contributed by atoms with van der Waals surface area (Å²) in [4.78, 5) is -0.0429. The number of nitrogens with one attached hydrogen (secondary N) is 1. The first-order valence-corrected chi connectivity index (χ1v) is 6.60. The van der Waals surface area contributed by atoms with E-state index >= 15 is 0 Å². The molecule has 0 bridgehead atoms. The lowest BCUT2D eigenvalue weighted by molar-refractivity contribution is 0.582. The van der Waals surface area contributed by atoms with Gasteiger partial charge in [-0.15, -0.1) is 12.3 Å². The maximum Gasteiger partial charge on any atom is 0.242 e. The Balaban J connectivity index is 3.00. The maximum atomic E-state index is 11.8. The Morgan fingerprint density at radius 1 is 1.38 bits per heavy atom. The van der Waals surface area contributed by atoms with Gasteiger partial charge in [-0.05, 0) is 12.1 Å². The van der Waals surface area contributed by atoms with Crippen molar-refractivity contribution in [3.8, 4) is 12.3 Å². The summed E-state index contributed by atoms with van der Waals surface area (Å²) in [6.45, 7) is 0.168. The van der Waals surface area contributed by atoms with Crippen LogP contribution in [0.25, 0.3) is 0 Å². The molecule has 0 aromatic heterocycles. The van der Waals surface area contributed by atoms with Crippen LogP contribution < -0.4 is 4.72 Å². The third-order valence-electron chi connectivity index (χ3n) is 1.77. The van der Waals surface area contributed by atoms with Gasteiger partial charge in [0.25, 0.3) is 0 Å². The maximum absolute atomic E-state index is 11.8. The molecule has 0 radical (unpaired) electrons. The van der Waals surface area contributed by atoms with Crippen LogP contribution in [0.15, 0.2) is 23.1 Å². The lowest BCUT2D eigenvalue weighted by Gasteiger charge is -2.07. The first-order valence-electron chi connectivity index (χ1n) is 4.36. The molecule has 1 rings (SSSR count). The molecule has 1 aromatic rings. The van der Waals surface area contributed by atoms with Crippen LogP contribution in [-0.2, 0) is 10.0 Å². The van der Waals surface area contributed by atoms with Gasteiger partial charge in [-0.2, -0.15) is 0 Å². The number of sulfonamides is 1. The van der Waals surface area contributed by atoms with E-state index in [4.69, 9.17) is 29.6 Å². The third kappa shape index (κ3) is 3.13. The minimum atomic E-state index is -3.65. The van der Waals surface area contributed by atoms with Gasteiger partial charge in [-0.3, -0.25) is 0 Å². The molecule has 86 valence electrons. The SMILES string of the molecule is C#CCCNS(=O)(=O)c1cccc(Cl)c1Cl. The molecule has 0 spiro atoms. The predicted molar refractivity (Wildman–Crippen MR) is 65.1 cm³/mol. The smallest absolute Gasteiger partial charge is 0.210 e. The quantitative estimate of drug-likeness (QED) is 0.678. The molecule has 6 heteroatoms. The van der Waals surface area contributed by atoms with Crippen LogP contribution in [0.1, 0.15) is 6.42 Å². The minimum Gasteiger partial charge on any atom is -0.210 e. The summed E-state index contributed by atoms with van der Waals surface area (Å²) in [5.74, 6) is 2.33. The Kier molecular flexibility index (Phi) is 4.63. The molecule has 0 saturated heterocycles. The number of terminal acetylenes is 1. The minimum absolute atomic E-state index is 0.0115. The summed E-state index contributed by atoms with van der Waals surface area (Å²) in [6, 6.07) is 4.42. The standard InChI is InChI=1S/C10H9Cl2NO2S/c1-2-3-7-13-16(14,15)9-6-4-5-8(11)10(9)12/h1,4-6,13H,3,7H2. The fraction of sp³-hybridized carbons (Fsp3) is 0.200. The van der Waals surface area contributed by atoms with E-state index < -0.39 is 10.0 Å². The van der Waals surface area contributed by atoms with Gasteiger partial charge in [0, 0.05) is 13.0 Å². The molecule has 3 nitrogen and oxygen atoms in total. The first kappa shape index (κ1) is 13.3. The second kappa shape index (κ2) is 5.55. The number of halogens is 2. The Bertz CT molecular complexity index is 520. The van der Waals surface area contributed by atoms with Gasteiger partial charge >= 0.3 is 0 Å². The van der Waals surface area contributed by atoms with E-state index in [-0.39, 0.29) is 21.5 Å². The van der Waals surface area contributed by atoms with Gasteiger partial charge in [0.2, 0.25) is 10.0 Å². The molecule has 0 fully saturated rings. The second-order valence-corrected chi connectivity index (χ2v) is 5.42. The summed E-state index contributed by atoms with van der Waals surface area (Å²) in [6.07, 6.45) is 5.34. The molecule has 0 heterocycles. The number of benzene rings is 1. The van der Waals surface area contributed by atoms with Crippen LogP contribution >= 0.6 is 23.2 Å². The molecule has 0 unspecified atom stereocenters. The van der Waals surface area contributed by atoms with E-state index in [9.17, 15) is 8.42 Å². The Hall–Kier alpha value is -0.730. The van der Waals surface area contributed by atoms with Crippen LogP contribution in [0.3, 0.4) is 0 Å². The van der Waals surface area contributed by atoms with Gasteiger partial charge in [0.05, 0.1) is 10.0 Å². The van der Waals surface area contributed by atoms with Crippen molar-refractivity contribution >= 4 is 33.2 Å². The average Bonchev–Trinajstić information content (AvgIpc) is 2.22. The first-order chi connectivity index (χ1) is 7.49. The third-order valence-corrected chi connectivity index (χ3v) is 4.20. The fourth-order valence-electron chi connectivity index (χ4n) is 1.03. The van der Waals surface area contributed by atoms with Gasteiger partial charge < -0.3 is 0 Å². The molecule has 0 aliphatic rings. The van der Waals surface area contributed by atoms with Crippen molar-refractivity contribution in [3.05, 3.63) is 28.2 Å². The van der Waals surface area contributed by atoms with Crippen molar-refractivity contribution in [3.63, 3.8) is 0 Å². The van der Waals surface area contributed by atoms with Crippen molar-refractivity contribution in [2.75, 3.05) is 6.54 Å². The predicted octanol–water partition coefficient (Wildman–Crippen LogP) is 2.29. The van der Waals surface area contributed by atoms with Crippen molar-refractivity contribution in [2.45, 2.75) is 11.3 Å². The van der Waals surface area contributed by atoms with E-state index in [0.29, 0.717) is 6.42 Å². The van der Waals surface area contributed by atoms with E-state index in [1.165, 1.54) is 18.2 Å². The molecule has 0 amide bonds. The van der Waals surface area contributed by atoms with Gasteiger partial charge in [0.15, 0.2) is 0 Å². The zero-order valence-corrected chi connectivity index (χ0v) is 10.5. The van der Waals surface area contributed by atoms with Crippen LogP contribution in [0.4, 0.5) is 0 Å². The summed E-state index contributed by atoms with van der Waals surface area (Å²) >= 11 is 11.5. The Labute approximate surface area is 105 Å². The molecule has 1 N–H and O–H groups in total. The van der Waals surface area contributed by atoms with Gasteiger partial charge in [-0.25, -0.2) is 13.1 Å². The van der Waals surface area contributed by atoms with Crippen LogP contribution in [0, 0.1) is 12.3 Å². The van der Waals surface area contributed by atoms with E-state index in [2.05, 4.69) is 10.6 Å². The van der Waals surface area contributed by atoms with Crippen LogP contribution in [0.2, 0.25) is 10.0 Å². The molecule has 1 aromatic carbocycles. The highest BCUT2D eigenvalue weighted by molar-refractivity contribution is 7.89. The Morgan fingerprint density at radius 3 is 2.69 bits per heavy atom. The van der Waals surface area contributed by atoms with E-state index in [1.54, 1.807) is 0 Å². The zero-order chi connectivity index (χ0) is 12.2. The summed E-state index contributed by atoms with van der Waals surface area (Å²) in [5, 5.41) is 0.207. The van der Waals surface area contributed by atoms with Crippen LogP contribution in [0.5, 0.6) is 0 Å². The second-order valence-electron chi connectivity index (χ2n) is 2.90. The highest BCUT2D eigenvalue weighted by atomic mass is 35.5. The number of hydrogen-bond donors (Lipinski definition) is 1. The van der Waals surface area contributed by atoms with Crippen molar-refractivity contribution in [1.82, 2.24) is 4.72 Å². The highest BCUT2D eigenvalue weighted by Gasteiger charge is 2.18. The average molecular weight is 278 g/mol. The van der Waals surface area contributed by atoms with Crippen molar-refractivity contribution in [1.29, 1.82) is 0 Å². The molecule has 0 atom stereocenters. The van der Waals surface area contributed by atoms with Gasteiger partial charge in [0.1, 0.15) is 4.90 Å². The lowest BCUT2D eigenvalue weighted by atomic mass is 10.4. The lowest BCUT2D eigenvalue weighted by Crippen LogP contribution is -2.24. The largest absolute Gasteiger partial charge is 0.242 e. The molecular formula is C10H9Cl2NO2S. The molecule has 16 heavy (non-hydrogen) atoms. The fourth-order valence-corrected chi connectivity index (χ4v) is 2.82. The highest BCUT2D eigenvalue weighted by Crippen LogP contribution is 2.28. The summed E-state index contributed by atoms with van der Waals surface area (Å²) < 4.78 is 25.8. The van der Waals surface area contributed by atoms with Gasteiger partial charge in [-0.1, -0.05) is 29.3 Å². The zero-order valence-electron chi connectivity index (χ0n) is 8.20.